The lowest BCUT2D eigenvalue weighted by molar-refractivity contribution is 0.268. The van der Waals surface area contributed by atoms with Gasteiger partial charge in [0.05, 0.1) is 5.69 Å². The molecule has 18 heavy (non-hydrogen) atoms. The van der Waals surface area contributed by atoms with Crippen molar-refractivity contribution in [2.75, 3.05) is 19.6 Å². The van der Waals surface area contributed by atoms with Crippen LogP contribution in [0.4, 0.5) is 0 Å². The maximum absolute atomic E-state index is 4.72. The van der Waals surface area contributed by atoms with Gasteiger partial charge in [-0.25, -0.2) is 9.97 Å². The van der Waals surface area contributed by atoms with Crippen LogP contribution in [0, 0.1) is 0 Å². The maximum atomic E-state index is 4.72. The number of piperidine rings is 1. The smallest absolute Gasteiger partial charge is 0.159 e. The predicted molar refractivity (Wildman–Crippen MR) is 72.1 cm³/mol. The first-order valence-electron chi connectivity index (χ1n) is 6.55. The van der Waals surface area contributed by atoms with Crippen molar-refractivity contribution in [3.05, 3.63) is 41.7 Å². The summed E-state index contributed by atoms with van der Waals surface area (Å²) in [5.41, 5.74) is 5.04. The summed E-state index contributed by atoms with van der Waals surface area (Å²) < 4.78 is 0. The molecule has 0 spiro atoms. The molecule has 1 fully saturated rings. The van der Waals surface area contributed by atoms with Crippen molar-refractivity contribution in [3.63, 3.8) is 0 Å². The average molecular weight is 237 g/mol. The number of hydrogen-bond donors (Lipinski definition) is 0. The van der Waals surface area contributed by atoms with Crippen LogP contribution in [0.25, 0.3) is 16.6 Å². The number of fused-ring (bicyclic) bond motifs is 4. The molecule has 5 heterocycles. The summed E-state index contributed by atoms with van der Waals surface area (Å²) in [5, 5.41) is 1.12. The largest absolute Gasteiger partial charge is 0.298 e. The molecule has 0 amide bonds. The van der Waals surface area contributed by atoms with Crippen molar-refractivity contribution in [2.24, 2.45) is 0 Å². The molecule has 0 aliphatic carbocycles. The molecule has 0 N–H and O–H groups in total. The van der Waals surface area contributed by atoms with E-state index in [2.05, 4.69) is 28.1 Å². The molecule has 0 saturated carbocycles. The zero-order chi connectivity index (χ0) is 11.9. The lowest BCUT2D eigenvalue weighted by Crippen LogP contribution is -2.37. The molecule has 5 rings (SSSR count). The molecule has 2 bridgehead atoms. The first kappa shape index (κ1) is 10.2. The standard InChI is InChI=1S/C15H15N3/c1-2-12-3-4-14(17-15(12)16-7-1)13-10-18-8-5-11(13)6-9-18/h1-4,7H,5-6,8-10H2. The minimum Gasteiger partial charge on any atom is -0.298 e. The van der Waals surface area contributed by atoms with E-state index in [4.69, 9.17) is 4.98 Å². The zero-order valence-electron chi connectivity index (χ0n) is 10.3. The maximum Gasteiger partial charge on any atom is 0.159 e. The van der Waals surface area contributed by atoms with Crippen LogP contribution >= 0.6 is 0 Å². The lowest BCUT2D eigenvalue weighted by atomic mass is 9.90. The van der Waals surface area contributed by atoms with Gasteiger partial charge in [-0.2, -0.15) is 0 Å². The molecule has 3 aliphatic rings. The molecule has 3 heteroatoms. The SMILES string of the molecule is c1cnc2nc(C3=C4CCN(CC4)C3)ccc2c1. The van der Waals surface area contributed by atoms with Gasteiger partial charge >= 0.3 is 0 Å². The lowest BCUT2D eigenvalue weighted by Gasteiger charge is -2.36. The van der Waals surface area contributed by atoms with Crippen molar-refractivity contribution in [1.29, 1.82) is 0 Å². The highest BCUT2D eigenvalue weighted by molar-refractivity contribution is 5.79. The highest BCUT2D eigenvalue weighted by atomic mass is 15.1. The molecule has 0 atom stereocenters. The van der Waals surface area contributed by atoms with Crippen LogP contribution in [-0.4, -0.2) is 34.5 Å². The molecule has 0 unspecified atom stereocenters. The van der Waals surface area contributed by atoms with E-state index >= 15 is 0 Å². The Hall–Kier alpha value is -1.74. The highest BCUT2D eigenvalue weighted by Gasteiger charge is 2.25. The summed E-state index contributed by atoms with van der Waals surface area (Å²) >= 11 is 0. The van der Waals surface area contributed by atoms with Gasteiger partial charge in [0.2, 0.25) is 0 Å². The topological polar surface area (TPSA) is 29.0 Å². The number of aromatic nitrogens is 2. The van der Waals surface area contributed by atoms with Gasteiger partial charge in [-0.05, 0) is 42.7 Å². The van der Waals surface area contributed by atoms with E-state index in [1.54, 1.807) is 5.57 Å². The van der Waals surface area contributed by atoms with Gasteiger partial charge in [-0.15, -0.1) is 0 Å². The van der Waals surface area contributed by atoms with Crippen LogP contribution in [0.3, 0.4) is 0 Å². The van der Waals surface area contributed by atoms with Gasteiger partial charge in [0.1, 0.15) is 0 Å². The van der Waals surface area contributed by atoms with Gasteiger partial charge < -0.3 is 0 Å². The fourth-order valence-electron chi connectivity index (χ4n) is 3.00. The van der Waals surface area contributed by atoms with E-state index in [9.17, 15) is 0 Å². The van der Waals surface area contributed by atoms with Crippen LogP contribution in [0.15, 0.2) is 36.0 Å². The Morgan fingerprint density at radius 3 is 2.72 bits per heavy atom. The predicted octanol–water partition coefficient (Wildman–Crippen LogP) is 2.49. The minimum absolute atomic E-state index is 0.861. The molecule has 3 aliphatic heterocycles. The molecule has 2 aromatic rings. The quantitative estimate of drug-likeness (QED) is 0.763. The summed E-state index contributed by atoms with van der Waals surface area (Å²) in [6.07, 6.45) is 4.25. The summed E-state index contributed by atoms with van der Waals surface area (Å²) in [7, 11) is 0. The van der Waals surface area contributed by atoms with E-state index in [1.165, 1.54) is 31.5 Å². The van der Waals surface area contributed by atoms with E-state index in [1.807, 2.05) is 12.3 Å². The molecule has 0 radical (unpaired) electrons. The Bertz CT molecular complexity index is 635. The Morgan fingerprint density at radius 1 is 1.06 bits per heavy atom. The van der Waals surface area contributed by atoms with Crippen molar-refractivity contribution < 1.29 is 0 Å². The third kappa shape index (κ3) is 1.55. The van der Waals surface area contributed by atoms with Gasteiger partial charge in [0.15, 0.2) is 5.65 Å². The second-order valence-electron chi connectivity index (χ2n) is 5.10. The Kier molecular flexibility index (Phi) is 2.20. The molecule has 90 valence electrons. The second-order valence-corrected chi connectivity index (χ2v) is 5.10. The third-order valence-corrected chi connectivity index (χ3v) is 4.04. The zero-order valence-corrected chi connectivity index (χ0v) is 10.3. The van der Waals surface area contributed by atoms with Crippen LogP contribution in [0.5, 0.6) is 0 Å². The number of pyridine rings is 2. The van der Waals surface area contributed by atoms with Crippen LogP contribution in [-0.2, 0) is 0 Å². The monoisotopic (exact) mass is 237 g/mol. The normalized spacial score (nSPS) is 19.8. The van der Waals surface area contributed by atoms with Gasteiger partial charge in [-0.1, -0.05) is 5.57 Å². The number of hydrogen-bond acceptors (Lipinski definition) is 3. The Morgan fingerprint density at radius 2 is 1.94 bits per heavy atom. The fraction of sp³-hybridized carbons (Fsp3) is 0.333. The molecule has 2 aromatic heterocycles. The fourth-order valence-corrected chi connectivity index (χ4v) is 3.00. The van der Waals surface area contributed by atoms with Gasteiger partial charge in [0.25, 0.3) is 0 Å². The van der Waals surface area contributed by atoms with E-state index in [0.29, 0.717) is 0 Å². The number of rotatable bonds is 1. The first-order chi connectivity index (χ1) is 8.90. The van der Waals surface area contributed by atoms with E-state index in [0.717, 1.165) is 23.3 Å². The summed E-state index contributed by atoms with van der Waals surface area (Å²) in [6, 6.07) is 8.30. The summed E-state index contributed by atoms with van der Waals surface area (Å²) in [5.74, 6) is 0. The molecular formula is C15H15N3. The average Bonchev–Trinajstić information content (AvgIpc) is 2.48. The number of nitrogens with zero attached hydrogens (tertiary/aromatic N) is 3. The highest BCUT2D eigenvalue weighted by Crippen LogP contribution is 2.32. The molecule has 1 saturated heterocycles. The second kappa shape index (κ2) is 3.89. The van der Waals surface area contributed by atoms with Gasteiger partial charge in [0, 0.05) is 31.2 Å². The van der Waals surface area contributed by atoms with E-state index in [-0.39, 0.29) is 0 Å². The molecule has 3 nitrogen and oxygen atoms in total. The van der Waals surface area contributed by atoms with E-state index < -0.39 is 0 Å². The molecule has 0 aromatic carbocycles. The van der Waals surface area contributed by atoms with Crippen molar-refractivity contribution in [1.82, 2.24) is 14.9 Å². The van der Waals surface area contributed by atoms with Crippen molar-refractivity contribution >= 4 is 16.6 Å². The minimum atomic E-state index is 0.861. The summed E-state index contributed by atoms with van der Waals surface area (Å²) in [4.78, 5) is 11.6. The molecular weight excluding hydrogens is 222 g/mol. The van der Waals surface area contributed by atoms with Crippen LogP contribution in [0.2, 0.25) is 0 Å². The van der Waals surface area contributed by atoms with Gasteiger partial charge in [-0.3, -0.25) is 4.90 Å². The Labute approximate surface area is 106 Å². The van der Waals surface area contributed by atoms with Crippen LogP contribution < -0.4 is 0 Å². The summed E-state index contributed by atoms with van der Waals surface area (Å²) in [6.45, 7) is 3.52. The van der Waals surface area contributed by atoms with Crippen LogP contribution in [0.1, 0.15) is 18.5 Å². The van der Waals surface area contributed by atoms with Crippen molar-refractivity contribution in [3.8, 4) is 0 Å². The third-order valence-electron chi connectivity index (χ3n) is 4.04. The van der Waals surface area contributed by atoms with Crippen molar-refractivity contribution in [2.45, 2.75) is 12.8 Å². The first-order valence-corrected chi connectivity index (χ1v) is 6.55. The Balaban J connectivity index is 1.85.